The van der Waals surface area contributed by atoms with Crippen LogP contribution in [0, 0.1) is 0 Å². The Labute approximate surface area is 114 Å². The number of aliphatic carboxylic acids is 1. The summed E-state index contributed by atoms with van der Waals surface area (Å²) < 4.78 is 0. The number of carboxylic acid groups (broad SMARTS) is 1. The van der Waals surface area contributed by atoms with Crippen LogP contribution in [-0.4, -0.2) is 64.3 Å². The molecule has 0 bridgehead atoms. The van der Waals surface area contributed by atoms with E-state index >= 15 is 0 Å². The number of hydrogen-bond donors (Lipinski definition) is 2. The van der Waals surface area contributed by atoms with E-state index in [0.717, 1.165) is 25.7 Å². The minimum Gasteiger partial charge on any atom is -0.481 e. The number of amides is 2. The quantitative estimate of drug-likeness (QED) is 0.728. The van der Waals surface area contributed by atoms with Gasteiger partial charge >= 0.3 is 12.0 Å². The predicted molar refractivity (Wildman–Crippen MR) is 70.9 cm³/mol. The first-order valence-corrected chi connectivity index (χ1v) is 6.98. The summed E-state index contributed by atoms with van der Waals surface area (Å²) in [5.41, 5.74) is 0. The van der Waals surface area contributed by atoms with Gasteiger partial charge in [0.2, 0.25) is 0 Å². The lowest BCUT2D eigenvalue weighted by Gasteiger charge is -2.33. The lowest BCUT2D eigenvalue weighted by molar-refractivity contribution is -0.137. The molecule has 1 aliphatic rings. The molecule has 0 aromatic rings. The van der Waals surface area contributed by atoms with Gasteiger partial charge < -0.3 is 20.0 Å². The molecule has 0 saturated heterocycles. The van der Waals surface area contributed by atoms with Crippen molar-refractivity contribution in [1.82, 2.24) is 9.80 Å². The Bertz CT molecular complexity index is 303. The van der Waals surface area contributed by atoms with E-state index < -0.39 is 5.97 Å². The molecule has 110 valence electrons. The van der Waals surface area contributed by atoms with Gasteiger partial charge in [-0.2, -0.15) is 0 Å². The molecule has 0 aliphatic heterocycles. The highest BCUT2D eigenvalue weighted by Crippen LogP contribution is 2.24. The molecule has 6 heteroatoms. The van der Waals surface area contributed by atoms with Crippen molar-refractivity contribution in [3.63, 3.8) is 0 Å². The van der Waals surface area contributed by atoms with Crippen molar-refractivity contribution in [3.05, 3.63) is 0 Å². The third-order valence-electron chi connectivity index (χ3n) is 3.60. The average Bonchev–Trinajstić information content (AvgIpc) is 2.89. The number of urea groups is 1. The Kier molecular flexibility index (Phi) is 6.62. The molecule has 0 atom stereocenters. The summed E-state index contributed by atoms with van der Waals surface area (Å²) in [7, 11) is 0. The van der Waals surface area contributed by atoms with Gasteiger partial charge in [-0.25, -0.2) is 4.79 Å². The molecule has 2 amide bonds. The van der Waals surface area contributed by atoms with E-state index in [1.807, 2.05) is 6.92 Å². The number of nitrogens with zero attached hydrogens (tertiary/aromatic N) is 2. The van der Waals surface area contributed by atoms with E-state index in [1.165, 1.54) is 0 Å². The lowest BCUT2D eigenvalue weighted by Crippen LogP contribution is -2.49. The van der Waals surface area contributed by atoms with Crippen LogP contribution in [-0.2, 0) is 4.79 Å². The van der Waals surface area contributed by atoms with Gasteiger partial charge in [0.05, 0.1) is 13.0 Å². The topological polar surface area (TPSA) is 81.1 Å². The van der Waals surface area contributed by atoms with Gasteiger partial charge in [-0.05, 0) is 19.8 Å². The molecule has 1 fully saturated rings. The van der Waals surface area contributed by atoms with E-state index in [-0.39, 0.29) is 31.6 Å². The number of carbonyl (C=O) groups excluding carboxylic acids is 1. The first-order chi connectivity index (χ1) is 9.10. The minimum absolute atomic E-state index is 0.0444. The second kappa shape index (κ2) is 7.99. The SMILES string of the molecule is CCN(CCC(=O)O)C(=O)N(CCO)C1CCCC1. The van der Waals surface area contributed by atoms with Crippen LogP contribution in [0.3, 0.4) is 0 Å². The van der Waals surface area contributed by atoms with Crippen molar-refractivity contribution in [2.45, 2.75) is 45.1 Å². The number of carboxylic acids is 1. The molecular weight excluding hydrogens is 248 g/mol. The molecule has 1 saturated carbocycles. The zero-order chi connectivity index (χ0) is 14.3. The molecule has 0 radical (unpaired) electrons. The van der Waals surface area contributed by atoms with Crippen LogP contribution in [0.15, 0.2) is 0 Å². The summed E-state index contributed by atoms with van der Waals surface area (Å²) >= 11 is 0. The monoisotopic (exact) mass is 272 g/mol. The Morgan fingerprint density at radius 3 is 2.32 bits per heavy atom. The van der Waals surface area contributed by atoms with Gasteiger partial charge in [-0.15, -0.1) is 0 Å². The Morgan fingerprint density at radius 2 is 1.84 bits per heavy atom. The number of aliphatic hydroxyl groups excluding tert-OH is 1. The van der Waals surface area contributed by atoms with Crippen LogP contribution in [0.2, 0.25) is 0 Å². The van der Waals surface area contributed by atoms with Gasteiger partial charge in [0.25, 0.3) is 0 Å². The van der Waals surface area contributed by atoms with Crippen molar-refractivity contribution in [3.8, 4) is 0 Å². The number of carbonyl (C=O) groups is 2. The van der Waals surface area contributed by atoms with E-state index in [2.05, 4.69) is 0 Å². The summed E-state index contributed by atoms with van der Waals surface area (Å²) in [6.45, 7) is 2.82. The zero-order valence-corrected chi connectivity index (χ0v) is 11.5. The minimum atomic E-state index is -0.902. The number of hydrogen-bond acceptors (Lipinski definition) is 3. The second-order valence-electron chi connectivity index (χ2n) is 4.86. The van der Waals surface area contributed by atoms with E-state index in [1.54, 1.807) is 9.80 Å². The van der Waals surface area contributed by atoms with Crippen molar-refractivity contribution in [2.24, 2.45) is 0 Å². The van der Waals surface area contributed by atoms with Crippen LogP contribution >= 0.6 is 0 Å². The van der Waals surface area contributed by atoms with Crippen LogP contribution in [0.25, 0.3) is 0 Å². The molecule has 0 aromatic carbocycles. The standard InChI is InChI=1S/C13H24N2O4/c1-2-14(8-7-12(17)18)13(19)15(9-10-16)11-5-3-4-6-11/h11,16H,2-10H2,1H3,(H,17,18). The lowest BCUT2D eigenvalue weighted by atomic mass is 10.2. The Hall–Kier alpha value is -1.30. The fourth-order valence-electron chi connectivity index (χ4n) is 2.56. The van der Waals surface area contributed by atoms with Crippen molar-refractivity contribution in [2.75, 3.05) is 26.2 Å². The van der Waals surface area contributed by atoms with Crippen LogP contribution in [0.5, 0.6) is 0 Å². The summed E-state index contributed by atoms with van der Waals surface area (Å²) in [6, 6.07) is 0.0447. The molecule has 1 aliphatic carbocycles. The molecule has 0 aromatic heterocycles. The molecule has 0 spiro atoms. The van der Waals surface area contributed by atoms with Crippen molar-refractivity contribution < 1.29 is 19.8 Å². The maximum Gasteiger partial charge on any atom is 0.320 e. The van der Waals surface area contributed by atoms with Crippen LogP contribution in [0.4, 0.5) is 4.79 Å². The van der Waals surface area contributed by atoms with E-state index in [0.29, 0.717) is 13.1 Å². The summed E-state index contributed by atoms with van der Waals surface area (Å²) in [4.78, 5) is 26.3. The molecule has 1 rings (SSSR count). The van der Waals surface area contributed by atoms with Gasteiger partial charge in [-0.3, -0.25) is 4.79 Å². The first-order valence-electron chi connectivity index (χ1n) is 6.98. The molecule has 6 nitrogen and oxygen atoms in total. The second-order valence-corrected chi connectivity index (χ2v) is 4.86. The van der Waals surface area contributed by atoms with Crippen LogP contribution < -0.4 is 0 Å². The van der Waals surface area contributed by atoms with Gasteiger partial charge in [-0.1, -0.05) is 12.8 Å². The molecule has 19 heavy (non-hydrogen) atoms. The normalized spacial score (nSPS) is 15.5. The molecule has 2 N–H and O–H groups in total. The van der Waals surface area contributed by atoms with E-state index in [4.69, 9.17) is 10.2 Å². The van der Waals surface area contributed by atoms with Gasteiger partial charge in [0, 0.05) is 25.7 Å². The Balaban J connectivity index is 2.63. The molecular formula is C13H24N2O4. The summed E-state index contributed by atoms with van der Waals surface area (Å²) in [5.74, 6) is -0.902. The average molecular weight is 272 g/mol. The third-order valence-corrected chi connectivity index (χ3v) is 3.60. The molecule has 0 heterocycles. The predicted octanol–water partition coefficient (Wildman–Crippen LogP) is 1.14. The number of rotatable bonds is 7. The highest BCUT2D eigenvalue weighted by atomic mass is 16.4. The highest BCUT2D eigenvalue weighted by molar-refractivity contribution is 5.76. The maximum absolute atomic E-state index is 12.4. The first kappa shape index (κ1) is 15.8. The van der Waals surface area contributed by atoms with Crippen LogP contribution in [0.1, 0.15) is 39.0 Å². The highest BCUT2D eigenvalue weighted by Gasteiger charge is 2.28. The zero-order valence-electron chi connectivity index (χ0n) is 11.5. The largest absolute Gasteiger partial charge is 0.481 e. The smallest absolute Gasteiger partial charge is 0.320 e. The fourth-order valence-corrected chi connectivity index (χ4v) is 2.56. The van der Waals surface area contributed by atoms with Gasteiger partial charge in [0.1, 0.15) is 0 Å². The van der Waals surface area contributed by atoms with Crippen molar-refractivity contribution in [1.29, 1.82) is 0 Å². The van der Waals surface area contributed by atoms with Crippen molar-refractivity contribution >= 4 is 12.0 Å². The fraction of sp³-hybridized carbons (Fsp3) is 0.846. The van der Waals surface area contributed by atoms with Gasteiger partial charge in [0.15, 0.2) is 0 Å². The Morgan fingerprint density at radius 1 is 1.21 bits per heavy atom. The summed E-state index contributed by atoms with van der Waals surface area (Å²) in [6.07, 6.45) is 4.13. The maximum atomic E-state index is 12.4. The van der Waals surface area contributed by atoms with E-state index in [9.17, 15) is 9.59 Å². The number of aliphatic hydroxyl groups is 1. The molecule has 0 unspecified atom stereocenters. The summed E-state index contributed by atoms with van der Waals surface area (Å²) in [5, 5.41) is 17.8. The third kappa shape index (κ3) is 4.70.